The average Bonchev–Trinajstić information content (AvgIpc) is 3.42. The summed E-state index contributed by atoms with van der Waals surface area (Å²) in [7, 11) is 0. The first-order chi connectivity index (χ1) is 15.4. The maximum Gasteiger partial charge on any atom is 0.246 e. The van der Waals surface area contributed by atoms with Gasteiger partial charge in [0.15, 0.2) is 11.6 Å². The van der Waals surface area contributed by atoms with E-state index >= 15 is 0 Å². The summed E-state index contributed by atoms with van der Waals surface area (Å²) in [4.78, 5) is 20.8. The maximum atomic E-state index is 12.9. The zero-order valence-corrected chi connectivity index (χ0v) is 19.2. The molecule has 0 N–H and O–H groups in total. The molecule has 10 heteroatoms. The van der Waals surface area contributed by atoms with Crippen LogP contribution in [0.3, 0.4) is 0 Å². The van der Waals surface area contributed by atoms with Crippen LogP contribution in [-0.2, 0) is 11.3 Å². The number of tetrazole rings is 1. The molecule has 0 bridgehead atoms. The van der Waals surface area contributed by atoms with Crippen molar-refractivity contribution in [3.8, 4) is 0 Å². The molecule has 1 fully saturated rings. The first-order valence-electron chi connectivity index (χ1n) is 10.7. The molecule has 1 atom stereocenters. The summed E-state index contributed by atoms with van der Waals surface area (Å²) in [6.07, 6.45) is 5.24. The maximum absolute atomic E-state index is 12.9. The van der Waals surface area contributed by atoms with Gasteiger partial charge in [0, 0.05) is 30.1 Å². The number of hydrogen-bond donors (Lipinski definition) is 0. The number of amides is 1. The Morgan fingerprint density at radius 1 is 1.38 bits per heavy atom. The van der Waals surface area contributed by atoms with E-state index < -0.39 is 0 Å². The summed E-state index contributed by atoms with van der Waals surface area (Å²) < 4.78 is 5.46. The second kappa shape index (κ2) is 9.60. The Morgan fingerprint density at radius 2 is 2.22 bits per heavy atom. The van der Waals surface area contributed by atoms with Crippen molar-refractivity contribution in [1.82, 2.24) is 35.2 Å². The van der Waals surface area contributed by atoms with E-state index in [2.05, 4.69) is 25.6 Å². The first kappa shape index (κ1) is 22.1. The van der Waals surface area contributed by atoms with Gasteiger partial charge in [-0.1, -0.05) is 36.7 Å². The van der Waals surface area contributed by atoms with Gasteiger partial charge in [0.2, 0.25) is 11.8 Å². The van der Waals surface area contributed by atoms with E-state index in [1.165, 1.54) is 4.80 Å². The summed E-state index contributed by atoms with van der Waals surface area (Å²) in [6.45, 7) is 7.53. The van der Waals surface area contributed by atoms with Crippen LogP contribution in [0.25, 0.3) is 6.08 Å². The summed E-state index contributed by atoms with van der Waals surface area (Å²) in [6, 6.07) is 5.54. The third-order valence-electron chi connectivity index (χ3n) is 5.43. The lowest BCUT2D eigenvalue weighted by atomic mass is 9.97. The van der Waals surface area contributed by atoms with Crippen LogP contribution in [0.4, 0.5) is 0 Å². The van der Waals surface area contributed by atoms with Crippen molar-refractivity contribution in [1.29, 1.82) is 0 Å². The van der Waals surface area contributed by atoms with Gasteiger partial charge < -0.3 is 9.42 Å². The molecule has 1 saturated heterocycles. The molecule has 1 unspecified atom stereocenters. The second-order valence-corrected chi connectivity index (χ2v) is 8.75. The molecule has 4 rings (SSSR count). The van der Waals surface area contributed by atoms with Crippen molar-refractivity contribution in [2.75, 3.05) is 13.1 Å². The Kier molecular flexibility index (Phi) is 6.64. The van der Waals surface area contributed by atoms with E-state index in [-0.39, 0.29) is 17.7 Å². The van der Waals surface area contributed by atoms with Gasteiger partial charge in [-0.3, -0.25) is 4.79 Å². The van der Waals surface area contributed by atoms with Crippen LogP contribution in [-0.4, -0.2) is 54.2 Å². The summed E-state index contributed by atoms with van der Waals surface area (Å²) in [5, 5.41) is 16.8. The fourth-order valence-electron chi connectivity index (χ4n) is 3.71. The van der Waals surface area contributed by atoms with Gasteiger partial charge in [0.25, 0.3) is 0 Å². The Labute approximate surface area is 191 Å². The minimum atomic E-state index is -0.0473. The molecule has 3 heterocycles. The normalized spacial score (nSPS) is 16.9. The lowest BCUT2D eigenvalue weighted by Gasteiger charge is -2.30. The van der Waals surface area contributed by atoms with Crippen molar-refractivity contribution >= 4 is 23.6 Å². The molecule has 1 aliphatic rings. The Bertz CT molecular complexity index is 1120. The van der Waals surface area contributed by atoms with Gasteiger partial charge in [0.05, 0.1) is 12.5 Å². The fraction of sp³-hybridized carbons (Fsp3) is 0.455. The minimum absolute atomic E-state index is 0.0473. The Morgan fingerprint density at radius 3 is 2.94 bits per heavy atom. The fourth-order valence-corrected chi connectivity index (χ4v) is 3.90. The van der Waals surface area contributed by atoms with E-state index in [0.717, 1.165) is 24.0 Å². The van der Waals surface area contributed by atoms with Crippen molar-refractivity contribution in [3.05, 3.63) is 58.0 Å². The van der Waals surface area contributed by atoms with E-state index in [0.29, 0.717) is 42.2 Å². The predicted octanol–water partition coefficient (Wildman–Crippen LogP) is 3.61. The highest BCUT2D eigenvalue weighted by atomic mass is 35.5. The highest BCUT2D eigenvalue weighted by Crippen LogP contribution is 2.27. The molecule has 0 radical (unpaired) electrons. The molecule has 3 aromatic rings. The van der Waals surface area contributed by atoms with Crippen LogP contribution < -0.4 is 0 Å². The van der Waals surface area contributed by atoms with Crippen molar-refractivity contribution in [2.45, 2.75) is 52.0 Å². The molecule has 32 heavy (non-hydrogen) atoms. The van der Waals surface area contributed by atoms with Crippen molar-refractivity contribution in [2.24, 2.45) is 0 Å². The third-order valence-corrected chi connectivity index (χ3v) is 5.67. The number of aromatic nitrogens is 6. The minimum Gasteiger partial charge on any atom is -0.339 e. The van der Waals surface area contributed by atoms with Gasteiger partial charge in [-0.15, -0.1) is 10.2 Å². The van der Waals surface area contributed by atoms with Gasteiger partial charge in [-0.05, 0) is 54.3 Å². The van der Waals surface area contributed by atoms with E-state index in [4.69, 9.17) is 16.1 Å². The summed E-state index contributed by atoms with van der Waals surface area (Å²) >= 11 is 6.18. The van der Waals surface area contributed by atoms with E-state index in [9.17, 15) is 4.79 Å². The number of halogens is 1. The highest BCUT2D eigenvalue weighted by molar-refractivity contribution is 6.30. The van der Waals surface area contributed by atoms with Gasteiger partial charge >= 0.3 is 0 Å². The lowest BCUT2D eigenvalue weighted by molar-refractivity contribution is -0.127. The zero-order chi connectivity index (χ0) is 22.7. The average molecular weight is 456 g/mol. The van der Waals surface area contributed by atoms with Gasteiger partial charge in [-0.2, -0.15) is 9.78 Å². The number of likely N-dealkylation sites (tertiary alicyclic amines) is 1. The molecule has 0 aliphatic carbocycles. The van der Waals surface area contributed by atoms with Crippen LogP contribution in [0.2, 0.25) is 5.02 Å². The number of carbonyl (C=O) groups is 1. The van der Waals surface area contributed by atoms with Crippen molar-refractivity contribution in [3.63, 3.8) is 0 Å². The molecule has 1 aromatic carbocycles. The predicted molar refractivity (Wildman–Crippen MR) is 119 cm³/mol. The molecular formula is C22H26ClN7O2. The molecule has 2 aromatic heterocycles. The van der Waals surface area contributed by atoms with Crippen LogP contribution in [0, 0.1) is 6.92 Å². The van der Waals surface area contributed by atoms with Crippen LogP contribution in [0.1, 0.15) is 67.2 Å². The second-order valence-electron chi connectivity index (χ2n) is 8.31. The number of nitrogens with zero attached hydrogens (tertiary/aromatic N) is 7. The number of aryl methyl sites for hydroxylation is 1. The van der Waals surface area contributed by atoms with Crippen LogP contribution in [0.15, 0.2) is 28.8 Å². The molecule has 1 aliphatic heterocycles. The standard InChI is InChI=1S/C22H26ClN7O2/c1-14(2)21-24-22(32-27-21)17-5-4-10-29(12-17)20(31)9-7-16-6-8-19(23)11-18(16)13-30-26-15(3)25-28-30/h6-9,11,14,17H,4-5,10,12-13H2,1-3H3/b9-7+. The summed E-state index contributed by atoms with van der Waals surface area (Å²) in [5.41, 5.74) is 1.78. The molecular weight excluding hydrogens is 430 g/mol. The largest absolute Gasteiger partial charge is 0.339 e. The van der Waals surface area contributed by atoms with Crippen LogP contribution >= 0.6 is 11.6 Å². The van der Waals surface area contributed by atoms with Crippen molar-refractivity contribution < 1.29 is 9.32 Å². The molecule has 1 amide bonds. The number of rotatable bonds is 6. The number of piperidine rings is 1. The SMILES string of the molecule is Cc1nnn(Cc2cc(Cl)ccc2/C=C/C(=O)N2CCCC(c3nc(C(C)C)no3)C2)n1. The monoisotopic (exact) mass is 455 g/mol. The molecule has 168 valence electrons. The van der Waals surface area contributed by atoms with Gasteiger partial charge in [0.1, 0.15) is 0 Å². The smallest absolute Gasteiger partial charge is 0.246 e. The number of hydrogen-bond acceptors (Lipinski definition) is 7. The molecule has 9 nitrogen and oxygen atoms in total. The number of benzene rings is 1. The molecule has 0 spiro atoms. The molecule has 0 saturated carbocycles. The number of carbonyl (C=O) groups excluding carboxylic acids is 1. The summed E-state index contributed by atoms with van der Waals surface area (Å²) in [5.74, 6) is 2.15. The topological polar surface area (TPSA) is 103 Å². The highest BCUT2D eigenvalue weighted by Gasteiger charge is 2.28. The quantitative estimate of drug-likeness (QED) is 0.523. The van der Waals surface area contributed by atoms with Crippen LogP contribution in [0.5, 0.6) is 0 Å². The Hall–Kier alpha value is -3.07. The third kappa shape index (κ3) is 5.21. The van der Waals surface area contributed by atoms with E-state index in [1.807, 2.05) is 37.0 Å². The van der Waals surface area contributed by atoms with Gasteiger partial charge in [-0.25, -0.2) is 0 Å². The lowest BCUT2D eigenvalue weighted by Crippen LogP contribution is -2.38. The van der Waals surface area contributed by atoms with E-state index in [1.54, 1.807) is 19.1 Å². The zero-order valence-electron chi connectivity index (χ0n) is 18.4. The Balaban J connectivity index is 1.45. The first-order valence-corrected chi connectivity index (χ1v) is 11.1.